The molecule has 27 heavy (non-hydrogen) atoms. The van der Waals surface area contributed by atoms with Crippen molar-refractivity contribution >= 4 is 10.9 Å². The summed E-state index contributed by atoms with van der Waals surface area (Å²) < 4.78 is 16.2. The molecule has 0 aliphatic carbocycles. The first-order chi connectivity index (χ1) is 13.1. The molecule has 0 fully saturated rings. The second kappa shape index (κ2) is 6.96. The van der Waals surface area contributed by atoms with Crippen molar-refractivity contribution in [1.29, 1.82) is 0 Å². The summed E-state index contributed by atoms with van der Waals surface area (Å²) in [6.45, 7) is 0.780. The molecule has 140 valence electrons. The zero-order valence-corrected chi connectivity index (χ0v) is 15.6. The first-order valence-electron chi connectivity index (χ1n) is 8.83. The Balaban J connectivity index is 1.87. The van der Waals surface area contributed by atoms with Crippen molar-refractivity contribution in [2.75, 3.05) is 27.9 Å². The average Bonchev–Trinajstić information content (AvgIpc) is 2.71. The Kier molecular flexibility index (Phi) is 4.49. The van der Waals surface area contributed by atoms with E-state index in [0.29, 0.717) is 17.1 Å². The van der Waals surface area contributed by atoms with E-state index in [2.05, 4.69) is 10.3 Å². The number of fused-ring (bicyclic) bond motifs is 2. The van der Waals surface area contributed by atoms with Crippen LogP contribution in [0.5, 0.6) is 17.2 Å². The molecule has 0 saturated carbocycles. The summed E-state index contributed by atoms with van der Waals surface area (Å²) in [4.78, 5) is 15.8. The standard InChI is InChI=1S/C21H22N2O4/c1-25-14-4-5-17-13(8-14)9-16(21(24)23-17)20-15-11-19(27-3)18(26-2)10-12(15)6-7-22-20/h4-5,8-11,20,22H,6-7H2,1-3H3,(H,23,24). The van der Waals surface area contributed by atoms with Gasteiger partial charge in [-0.25, -0.2) is 0 Å². The maximum Gasteiger partial charge on any atom is 0.253 e. The molecule has 1 unspecified atom stereocenters. The highest BCUT2D eigenvalue weighted by Crippen LogP contribution is 2.37. The van der Waals surface area contributed by atoms with E-state index in [1.165, 1.54) is 0 Å². The van der Waals surface area contributed by atoms with Gasteiger partial charge in [-0.3, -0.25) is 4.79 Å². The minimum Gasteiger partial charge on any atom is -0.497 e. The van der Waals surface area contributed by atoms with Crippen molar-refractivity contribution in [2.45, 2.75) is 12.5 Å². The van der Waals surface area contributed by atoms with Crippen LogP contribution in [0.2, 0.25) is 0 Å². The van der Waals surface area contributed by atoms with E-state index < -0.39 is 0 Å². The zero-order valence-electron chi connectivity index (χ0n) is 15.6. The number of aromatic amines is 1. The molecule has 6 nitrogen and oxygen atoms in total. The van der Waals surface area contributed by atoms with Crippen molar-refractivity contribution in [3.8, 4) is 17.2 Å². The summed E-state index contributed by atoms with van der Waals surface area (Å²) in [5.74, 6) is 2.11. The molecule has 6 heteroatoms. The molecule has 0 bridgehead atoms. The molecule has 1 atom stereocenters. The van der Waals surface area contributed by atoms with Gasteiger partial charge in [0.15, 0.2) is 11.5 Å². The predicted octanol–water partition coefficient (Wildman–Crippen LogP) is 2.79. The van der Waals surface area contributed by atoms with Gasteiger partial charge < -0.3 is 24.5 Å². The van der Waals surface area contributed by atoms with Gasteiger partial charge in [-0.05, 0) is 53.9 Å². The summed E-state index contributed by atoms with van der Waals surface area (Å²) >= 11 is 0. The molecule has 1 aromatic heterocycles. The third-order valence-corrected chi connectivity index (χ3v) is 5.09. The van der Waals surface area contributed by atoms with Gasteiger partial charge in [0.05, 0.1) is 27.4 Å². The lowest BCUT2D eigenvalue weighted by Gasteiger charge is -2.28. The number of pyridine rings is 1. The Morgan fingerprint density at radius 1 is 0.926 bits per heavy atom. The number of benzene rings is 2. The second-order valence-corrected chi connectivity index (χ2v) is 6.55. The molecule has 0 radical (unpaired) electrons. The van der Waals surface area contributed by atoms with E-state index in [-0.39, 0.29) is 11.6 Å². The number of nitrogens with one attached hydrogen (secondary N) is 2. The first kappa shape index (κ1) is 17.4. The third-order valence-electron chi connectivity index (χ3n) is 5.09. The van der Waals surface area contributed by atoms with Crippen LogP contribution in [-0.4, -0.2) is 32.9 Å². The van der Waals surface area contributed by atoms with Gasteiger partial charge in [-0.15, -0.1) is 0 Å². The zero-order chi connectivity index (χ0) is 19.0. The highest BCUT2D eigenvalue weighted by molar-refractivity contribution is 5.80. The van der Waals surface area contributed by atoms with Crippen LogP contribution in [0.1, 0.15) is 22.7 Å². The number of ether oxygens (including phenoxy) is 3. The molecule has 0 saturated heterocycles. The lowest BCUT2D eigenvalue weighted by molar-refractivity contribution is 0.353. The maximum absolute atomic E-state index is 12.8. The summed E-state index contributed by atoms with van der Waals surface area (Å²) in [5.41, 5.74) is 3.54. The fraction of sp³-hybridized carbons (Fsp3) is 0.286. The monoisotopic (exact) mass is 366 g/mol. The molecule has 0 spiro atoms. The van der Waals surface area contributed by atoms with Crippen LogP contribution < -0.4 is 25.1 Å². The fourth-order valence-corrected chi connectivity index (χ4v) is 3.70. The molecular weight excluding hydrogens is 344 g/mol. The van der Waals surface area contributed by atoms with Crippen molar-refractivity contribution in [1.82, 2.24) is 10.3 Å². The van der Waals surface area contributed by atoms with Crippen LogP contribution in [0.25, 0.3) is 10.9 Å². The van der Waals surface area contributed by atoms with Gasteiger partial charge in [-0.1, -0.05) is 0 Å². The summed E-state index contributed by atoms with van der Waals surface area (Å²) in [7, 11) is 4.88. The number of aromatic nitrogens is 1. The van der Waals surface area contributed by atoms with Crippen LogP contribution in [0.15, 0.2) is 41.2 Å². The van der Waals surface area contributed by atoms with Crippen molar-refractivity contribution < 1.29 is 14.2 Å². The Morgan fingerprint density at radius 3 is 2.44 bits per heavy atom. The quantitative estimate of drug-likeness (QED) is 0.743. The Hall–Kier alpha value is -2.99. The minimum atomic E-state index is -0.215. The van der Waals surface area contributed by atoms with Crippen LogP contribution >= 0.6 is 0 Å². The van der Waals surface area contributed by atoms with Gasteiger partial charge in [-0.2, -0.15) is 0 Å². The van der Waals surface area contributed by atoms with Gasteiger partial charge in [0, 0.05) is 23.0 Å². The molecular formula is C21H22N2O4. The fourth-order valence-electron chi connectivity index (χ4n) is 3.70. The number of rotatable bonds is 4. The molecule has 1 aliphatic rings. The van der Waals surface area contributed by atoms with E-state index in [1.807, 2.05) is 36.4 Å². The molecule has 2 N–H and O–H groups in total. The number of H-pyrrole nitrogens is 1. The van der Waals surface area contributed by atoms with Crippen LogP contribution in [0.3, 0.4) is 0 Å². The van der Waals surface area contributed by atoms with Gasteiger partial charge in [0.1, 0.15) is 5.75 Å². The van der Waals surface area contributed by atoms with E-state index in [9.17, 15) is 4.79 Å². The van der Waals surface area contributed by atoms with E-state index in [0.717, 1.165) is 40.7 Å². The van der Waals surface area contributed by atoms with Crippen molar-refractivity contribution in [3.63, 3.8) is 0 Å². The molecule has 2 aromatic carbocycles. The van der Waals surface area contributed by atoms with E-state index >= 15 is 0 Å². The Morgan fingerprint density at radius 2 is 1.70 bits per heavy atom. The van der Waals surface area contributed by atoms with Crippen LogP contribution in [-0.2, 0) is 6.42 Å². The number of methoxy groups -OCH3 is 3. The minimum absolute atomic E-state index is 0.104. The molecule has 1 aliphatic heterocycles. The SMILES string of the molecule is COc1ccc2[nH]c(=O)c(C3NCCc4cc(OC)c(OC)cc43)cc2c1. The van der Waals surface area contributed by atoms with E-state index in [1.54, 1.807) is 21.3 Å². The summed E-state index contributed by atoms with van der Waals surface area (Å²) in [6.07, 6.45) is 0.867. The largest absolute Gasteiger partial charge is 0.497 e. The Bertz CT molecular complexity index is 1060. The van der Waals surface area contributed by atoms with Crippen molar-refractivity contribution in [2.24, 2.45) is 0 Å². The topological polar surface area (TPSA) is 72.6 Å². The lowest BCUT2D eigenvalue weighted by atomic mass is 9.89. The smallest absolute Gasteiger partial charge is 0.253 e. The summed E-state index contributed by atoms with van der Waals surface area (Å²) in [6, 6.07) is 11.3. The van der Waals surface area contributed by atoms with Gasteiger partial charge in [0.25, 0.3) is 5.56 Å². The molecule has 0 amide bonds. The second-order valence-electron chi connectivity index (χ2n) is 6.55. The highest BCUT2D eigenvalue weighted by Gasteiger charge is 2.26. The third kappa shape index (κ3) is 3.02. The normalized spacial score (nSPS) is 16.0. The average molecular weight is 366 g/mol. The number of hydrogen-bond acceptors (Lipinski definition) is 5. The Labute approximate surface area is 157 Å². The van der Waals surface area contributed by atoms with Gasteiger partial charge >= 0.3 is 0 Å². The predicted molar refractivity (Wildman–Crippen MR) is 104 cm³/mol. The summed E-state index contributed by atoms with van der Waals surface area (Å²) in [5, 5.41) is 4.40. The molecule has 2 heterocycles. The highest BCUT2D eigenvalue weighted by atomic mass is 16.5. The van der Waals surface area contributed by atoms with Crippen LogP contribution in [0.4, 0.5) is 0 Å². The lowest BCUT2D eigenvalue weighted by Crippen LogP contribution is -2.34. The van der Waals surface area contributed by atoms with Crippen LogP contribution in [0, 0.1) is 0 Å². The molecule has 4 rings (SSSR count). The molecule has 3 aromatic rings. The van der Waals surface area contributed by atoms with E-state index in [4.69, 9.17) is 14.2 Å². The number of hydrogen-bond donors (Lipinski definition) is 2. The van der Waals surface area contributed by atoms with Crippen molar-refractivity contribution in [3.05, 3.63) is 63.4 Å². The maximum atomic E-state index is 12.8. The first-order valence-corrected chi connectivity index (χ1v) is 8.83. The van der Waals surface area contributed by atoms with Gasteiger partial charge in [0.2, 0.25) is 0 Å².